The molecule has 0 saturated heterocycles. The van der Waals surface area contributed by atoms with Gasteiger partial charge in [0.1, 0.15) is 5.69 Å². The van der Waals surface area contributed by atoms with E-state index in [4.69, 9.17) is 0 Å². The number of nitrogens with zero attached hydrogens (tertiary/aromatic N) is 2. The maximum Gasteiger partial charge on any atom is 0.292 e. The zero-order valence-corrected chi connectivity index (χ0v) is 11.7. The Balaban J connectivity index is 2.02. The Kier molecular flexibility index (Phi) is 4.04. The molecule has 1 fully saturated rings. The number of hydrogen-bond donors (Lipinski definition) is 1. The van der Waals surface area contributed by atoms with Crippen molar-refractivity contribution in [3.8, 4) is 0 Å². The van der Waals surface area contributed by atoms with Crippen molar-refractivity contribution in [3.63, 3.8) is 0 Å². The lowest BCUT2D eigenvalue weighted by atomic mass is 10.1. The van der Waals surface area contributed by atoms with Gasteiger partial charge in [0.15, 0.2) is 0 Å². The fourth-order valence-electron chi connectivity index (χ4n) is 2.47. The van der Waals surface area contributed by atoms with Crippen LogP contribution in [0.5, 0.6) is 0 Å². The van der Waals surface area contributed by atoms with Gasteiger partial charge < -0.3 is 10.2 Å². The average Bonchev–Trinajstić information content (AvgIpc) is 3.03. The molecule has 2 rings (SSSR count). The molecule has 0 aromatic heterocycles. The third-order valence-corrected chi connectivity index (χ3v) is 3.80. The second kappa shape index (κ2) is 5.57. The van der Waals surface area contributed by atoms with Crippen molar-refractivity contribution in [1.29, 1.82) is 0 Å². The number of nitro benzene ring substituents is 1. The summed E-state index contributed by atoms with van der Waals surface area (Å²) >= 11 is 0. The van der Waals surface area contributed by atoms with Gasteiger partial charge >= 0.3 is 0 Å². The van der Waals surface area contributed by atoms with Crippen LogP contribution in [-0.2, 0) is 6.54 Å². The van der Waals surface area contributed by atoms with Crippen molar-refractivity contribution in [2.45, 2.75) is 19.9 Å². The molecule has 5 nitrogen and oxygen atoms in total. The van der Waals surface area contributed by atoms with Crippen LogP contribution in [0.1, 0.15) is 18.9 Å². The second-order valence-corrected chi connectivity index (χ2v) is 5.53. The largest absolute Gasteiger partial charge is 0.383 e. The minimum absolute atomic E-state index is 0.129. The summed E-state index contributed by atoms with van der Waals surface area (Å²) in [6.45, 7) is 4.21. The number of hydrogen-bond acceptors (Lipinski definition) is 4. The average molecular weight is 263 g/mol. The highest BCUT2D eigenvalue weighted by molar-refractivity contribution is 5.62. The smallest absolute Gasteiger partial charge is 0.292 e. The van der Waals surface area contributed by atoms with Crippen molar-refractivity contribution in [2.24, 2.45) is 11.8 Å². The summed E-state index contributed by atoms with van der Waals surface area (Å²) in [6.07, 6.45) is 1.33. The van der Waals surface area contributed by atoms with Gasteiger partial charge in [0.25, 0.3) is 5.69 Å². The summed E-state index contributed by atoms with van der Waals surface area (Å²) in [5.74, 6) is 1.68. The first-order valence-electron chi connectivity index (χ1n) is 6.65. The molecule has 0 heterocycles. The van der Waals surface area contributed by atoms with E-state index in [-0.39, 0.29) is 10.6 Å². The Morgan fingerprint density at radius 1 is 1.53 bits per heavy atom. The number of benzene rings is 1. The maximum atomic E-state index is 10.9. The lowest BCUT2D eigenvalue weighted by Crippen LogP contribution is -2.21. The van der Waals surface area contributed by atoms with Gasteiger partial charge in [0, 0.05) is 26.2 Å². The van der Waals surface area contributed by atoms with E-state index < -0.39 is 0 Å². The van der Waals surface area contributed by atoms with Crippen LogP contribution in [0.3, 0.4) is 0 Å². The van der Waals surface area contributed by atoms with Crippen LogP contribution in [0.4, 0.5) is 11.4 Å². The molecule has 104 valence electrons. The second-order valence-electron chi connectivity index (χ2n) is 5.53. The van der Waals surface area contributed by atoms with E-state index in [2.05, 4.69) is 24.2 Å². The topological polar surface area (TPSA) is 58.4 Å². The molecule has 1 aromatic carbocycles. The summed E-state index contributed by atoms with van der Waals surface area (Å²) in [5, 5.41) is 13.7. The van der Waals surface area contributed by atoms with Crippen LogP contribution in [-0.4, -0.2) is 30.5 Å². The quantitative estimate of drug-likeness (QED) is 0.633. The first-order chi connectivity index (χ1) is 9.01. The van der Waals surface area contributed by atoms with Gasteiger partial charge in [-0.2, -0.15) is 0 Å². The summed E-state index contributed by atoms with van der Waals surface area (Å²) in [4.78, 5) is 12.8. The van der Waals surface area contributed by atoms with Gasteiger partial charge in [0.05, 0.1) is 4.92 Å². The van der Waals surface area contributed by atoms with Crippen molar-refractivity contribution < 1.29 is 4.92 Å². The van der Waals surface area contributed by atoms with E-state index >= 15 is 0 Å². The van der Waals surface area contributed by atoms with E-state index in [0.29, 0.717) is 5.69 Å². The van der Waals surface area contributed by atoms with Gasteiger partial charge in [-0.3, -0.25) is 10.1 Å². The SMILES string of the molecule is CNc1cc(CN(C)CC2CC2C)ccc1[N+](=O)[O-]. The highest BCUT2D eigenvalue weighted by Crippen LogP contribution is 2.38. The lowest BCUT2D eigenvalue weighted by Gasteiger charge is -2.17. The molecule has 5 heteroatoms. The van der Waals surface area contributed by atoms with Gasteiger partial charge in [-0.15, -0.1) is 0 Å². The van der Waals surface area contributed by atoms with Crippen molar-refractivity contribution in [2.75, 3.05) is 26.0 Å². The van der Waals surface area contributed by atoms with Gasteiger partial charge in [-0.25, -0.2) is 0 Å². The predicted octanol–water partition coefficient (Wildman–Crippen LogP) is 2.72. The van der Waals surface area contributed by atoms with Gasteiger partial charge in [-0.05, 0) is 36.9 Å². The molecule has 0 spiro atoms. The van der Waals surface area contributed by atoms with E-state index in [1.807, 2.05) is 12.1 Å². The Hall–Kier alpha value is -1.62. The number of rotatable bonds is 6. The Morgan fingerprint density at radius 2 is 2.21 bits per heavy atom. The molecule has 1 N–H and O–H groups in total. The van der Waals surface area contributed by atoms with Crippen molar-refractivity contribution in [3.05, 3.63) is 33.9 Å². The molecule has 0 aliphatic heterocycles. The lowest BCUT2D eigenvalue weighted by molar-refractivity contribution is -0.384. The van der Waals surface area contributed by atoms with Crippen LogP contribution in [0.15, 0.2) is 18.2 Å². The normalized spacial score (nSPS) is 21.5. The molecule has 1 saturated carbocycles. The molecule has 1 aromatic rings. The first kappa shape index (κ1) is 13.8. The summed E-state index contributed by atoms with van der Waals surface area (Å²) in [7, 11) is 3.81. The van der Waals surface area contributed by atoms with Gasteiger partial charge in [0.2, 0.25) is 0 Å². The highest BCUT2D eigenvalue weighted by atomic mass is 16.6. The fraction of sp³-hybridized carbons (Fsp3) is 0.571. The summed E-state index contributed by atoms with van der Waals surface area (Å²) in [6, 6.07) is 5.28. The molecule has 19 heavy (non-hydrogen) atoms. The van der Waals surface area contributed by atoms with E-state index in [9.17, 15) is 10.1 Å². The molecule has 0 bridgehead atoms. The zero-order chi connectivity index (χ0) is 14.0. The summed E-state index contributed by atoms with van der Waals surface area (Å²) in [5.41, 5.74) is 1.81. The molecule has 2 atom stereocenters. The van der Waals surface area contributed by atoms with Crippen molar-refractivity contribution in [1.82, 2.24) is 4.90 Å². The van der Waals surface area contributed by atoms with E-state index in [0.717, 1.165) is 30.5 Å². The maximum absolute atomic E-state index is 10.9. The minimum atomic E-state index is -0.356. The first-order valence-corrected chi connectivity index (χ1v) is 6.65. The van der Waals surface area contributed by atoms with Crippen LogP contribution < -0.4 is 5.32 Å². The molecule has 0 radical (unpaired) electrons. The van der Waals surface area contributed by atoms with Crippen molar-refractivity contribution >= 4 is 11.4 Å². The molecular weight excluding hydrogens is 242 g/mol. The molecule has 2 unspecified atom stereocenters. The number of anilines is 1. The van der Waals surface area contributed by atoms with Crippen LogP contribution >= 0.6 is 0 Å². The Bertz CT molecular complexity index is 476. The molecule has 1 aliphatic rings. The number of nitro groups is 1. The Labute approximate surface area is 113 Å². The predicted molar refractivity (Wildman–Crippen MR) is 76.2 cm³/mol. The monoisotopic (exact) mass is 263 g/mol. The third kappa shape index (κ3) is 3.44. The molecular formula is C14H21N3O2. The zero-order valence-electron chi connectivity index (χ0n) is 11.7. The summed E-state index contributed by atoms with van der Waals surface area (Å²) < 4.78 is 0. The molecule has 0 amide bonds. The van der Waals surface area contributed by atoms with E-state index in [1.165, 1.54) is 6.42 Å². The van der Waals surface area contributed by atoms with E-state index in [1.54, 1.807) is 13.1 Å². The molecule has 1 aliphatic carbocycles. The minimum Gasteiger partial charge on any atom is -0.383 e. The van der Waals surface area contributed by atoms with Gasteiger partial charge in [-0.1, -0.05) is 13.0 Å². The Morgan fingerprint density at radius 3 is 2.74 bits per heavy atom. The van der Waals surface area contributed by atoms with Crippen LogP contribution in [0.2, 0.25) is 0 Å². The highest BCUT2D eigenvalue weighted by Gasteiger charge is 2.33. The number of nitrogens with one attached hydrogen (secondary N) is 1. The van der Waals surface area contributed by atoms with Crippen LogP contribution in [0.25, 0.3) is 0 Å². The van der Waals surface area contributed by atoms with Crippen LogP contribution in [0, 0.1) is 22.0 Å². The third-order valence-electron chi connectivity index (χ3n) is 3.80. The standard InChI is InChI=1S/C14H21N3O2/c1-10-6-12(10)9-16(3)8-11-4-5-14(17(18)19)13(7-11)15-2/h4-5,7,10,12,15H,6,8-9H2,1-3H3. The fourth-order valence-corrected chi connectivity index (χ4v) is 2.47.